The molecule has 0 aromatic heterocycles. The van der Waals surface area contributed by atoms with Crippen molar-refractivity contribution in [3.63, 3.8) is 0 Å². The molecule has 0 bridgehead atoms. The van der Waals surface area contributed by atoms with E-state index in [9.17, 15) is 0 Å². The minimum atomic E-state index is 0.677. The van der Waals surface area contributed by atoms with Crippen molar-refractivity contribution in [1.29, 1.82) is 0 Å². The smallest absolute Gasteiger partial charge is 0.173 e. The van der Waals surface area contributed by atoms with E-state index in [1.807, 2.05) is 31.2 Å². The molecule has 0 unspecified atom stereocenters. The molecule has 0 radical (unpaired) electrons. The van der Waals surface area contributed by atoms with Gasteiger partial charge in [0.25, 0.3) is 0 Å². The molecule has 1 N–H and O–H groups in total. The van der Waals surface area contributed by atoms with Crippen LogP contribution in [0.4, 0.5) is 11.4 Å². The first-order chi connectivity index (χ1) is 11.8. The first kappa shape index (κ1) is 16.6. The van der Waals surface area contributed by atoms with Crippen LogP contribution in [-0.4, -0.2) is 42.8 Å². The van der Waals surface area contributed by atoms with Gasteiger partial charge in [0.15, 0.2) is 5.11 Å². The molecule has 1 aliphatic rings. The molecule has 3 rings (SSSR count). The highest BCUT2D eigenvalue weighted by Crippen LogP contribution is 2.18. The van der Waals surface area contributed by atoms with Gasteiger partial charge in [-0.25, -0.2) is 0 Å². The number of nitrogens with one attached hydrogen (secondary N) is 1. The number of piperazine rings is 1. The van der Waals surface area contributed by atoms with Crippen molar-refractivity contribution in [3.05, 3.63) is 54.6 Å². The molecule has 126 valence electrons. The van der Waals surface area contributed by atoms with Crippen molar-refractivity contribution < 1.29 is 4.74 Å². The zero-order valence-electron chi connectivity index (χ0n) is 13.9. The lowest BCUT2D eigenvalue weighted by Crippen LogP contribution is -2.50. The standard InChI is InChI=1S/C19H23N3OS/c1-2-23-18-10-8-16(9-11-18)20-19(24)22-14-12-21(13-15-22)17-6-4-3-5-7-17/h3-11H,2,12-15H2,1H3,(H,20,24). The molecule has 1 saturated heterocycles. The van der Waals surface area contributed by atoms with Crippen molar-refractivity contribution in [2.24, 2.45) is 0 Å². The first-order valence-corrected chi connectivity index (χ1v) is 8.76. The second-order valence-electron chi connectivity index (χ2n) is 5.70. The highest BCUT2D eigenvalue weighted by molar-refractivity contribution is 7.80. The Kier molecular flexibility index (Phi) is 5.54. The quantitative estimate of drug-likeness (QED) is 0.858. The Labute approximate surface area is 149 Å². The predicted octanol–water partition coefficient (Wildman–Crippen LogP) is 3.60. The van der Waals surface area contributed by atoms with Crippen LogP contribution in [0.25, 0.3) is 0 Å². The van der Waals surface area contributed by atoms with Crippen molar-refractivity contribution in [2.45, 2.75) is 6.92 Å². The number of anilines is 2. The Hall–Kier alpha value is -2.27. The Morgan fingerprint density at radius 1 is 1.00 bits per heavy atom. The highest BCUT2D eigenvalue weighted by atomic mass is 32.1. The third kappa shape index (κ3) is 4.17. The minimum Gasteiger partial charge on any atom is -0.494 e. The van der Waals surface area contributed by atoms with E-state index in [0.29, 0.717) is 6.61 Å². The summed E-state index contributed by atoms with van der Waals surface area (Å²) in [6.45, 7) is 6.48. The molecule has 2 aromatic rings. The Balaban J connectivity index is 1.51. The van der Waals surface area contributed by atoms with Crippen LogP contribution in [0, 0.1) is 0 Å². The molecule has 0 spiro atoms. The largest absolute Gasteiger partial charge is 0.494 e. The molecule has 0 saturated carbocycles. The maximum absolute atomic E-state index is 5.56. The van der Waals surface area contributed by atoms with E-state index in [1.54, 1.807) is 0 Å². The topological polar surface area (TPSA) is 27.7 Å². The molecule has 1 aliphatic heterocycles. The molecule has 5 heteroatoms. The van der Waals surface area contributed by atoms with E-state index in [2.05, 4.69) is 45.4 Å². The second kappa shape index (κ2) is 8.02. The Morgan fingerprint density at radius 3 is 2.29 bits per heavy atom. The van der Waals surface area contributed by atoms with Gasteiger partial charge in [0.1, 0.15) is 5.75 Å². The van der Waals surface area contributed by atoms with Crippen LogP contribution >= 0.6 is 12.2 Å². The van der Waals surface area contributed by atoms with Crippen LogP contribution in [0.2, 0.25) is 0 Å². The number of para-hydroxylation sites is 1. The van der Waals surface area contributed by atoms with Crippen molar-refractivity contribution in [2.75, 3.05) is 43.0 Å². The fraction of sp³-hybridized carbons (Fsp3) is 0.316. The van der Waals surface area contributed by atoms with Gasteiger partial charge < -0.3 is 19.9 Å². The summed E-state index contributed by atoms with van der Waals surface area (Å²) in [7, 11) is 0. The van der Waals surface area contributed by atoms with E-state index in [4.69, 9.17) is 17.0 Å². The van der Waals surface area contributed by atoms with E-state index >= 15 is 0 Å². The lowest BCUT2D eigenvalue weighted by molar-refractivity contribution is 0.340. The van der Waals surface area contributed by atoms with E-state index in [-0.39, 0.29) is 0 Å². The van der Waals surface area contributed by atoms with Gasteiger partial charge in [-0.1, -0.05) is 18.2 Å². The summed E-state index contributed by atoms with van der Waals surface area (Å²) in [6, 6.07) is 18.5. The fourth-order valence-electron chi connectivity index (χ4n) is 2.81. The van der Waals surface area contributed by atoms with Crippen LogP contribution in [0.5, 0.6) is 5.75 Å². The maximum atomic E-state index is 5.56. The van der Waals surface area contributed by atoms with E-state index in [1.165, 1.54) is 5.69 Å². The molecular weight excluding hydrogens is 318 g/mol. The zero-order chi connectivity index (χ0) is 16.8. The predicted molar refractivity (Wildman–Crippen MR) is 104 cm³/mol. The minimum absolute atomic E-state index is 0.677. The number of hydrogen-bond acceptors (Lipinski definition) is 3. The normalized spacial score (nSPS) is 14.4. The number of thiocarbonyl (C=S) groups is 1. The van der Waals surface area contributed by atoms with Gasteiger partial charge in [-0.05, 0) is 55.5 Å². The molecule has 0 aliphatic carbocycles. The molecule has 2 aromatic carbocycles. The third-order valence-electron chi connectivity index (χ3n) is 4.10. The van der Waals surface area contributed by atoms with Gasteiger partial charge in [-0.15, -0.1) is 0 Å². The Morgan fingerprint density at radius 2 is 1.67 bits per heavy atom. The molecule has 1 heterocycles. The highest BCUT2D eigenvalue weighted by Gasteiger charge is 2.19. The summed E-state index contributed by atoms with van der Waals surface area (Å²) < 4.78 is 5.46. The number of nitrogens with zero attached hydrogens (tertiary/aromatic N) is 2. The van der Waals surface area contributed by atoms with E-state index in [0.717, 1.165) is 42.7 Å². The lowest BCUT2D eigenvalue weighted by Gasteiger charge is -2.37. The lowest BCUT2D eigenvalue weighted by atomic mass is 10.2. The van der Waals surface area contributed by atoms with Crippen molar-refractivity contribution in [3.8, 4) is 5.75 Å². The van der Waals surface area contributed by atoms with Gasteiger partial charge >= 0.3 is 0 Å². The number of rotatable bonds is 4. The van der Waals surface area contributed by atoms with Crippen LogP contribution in [0.3, 0.4) is 0 Å². The fourth-order valence-corrected chi connectivity index (χ4v) is 3.11. The molecule has 4 nitrogen and oxygen atoms in total. The average molecular weight is 341 g/mol. The second-order valence-corrected chi connectivity index (χ2v) is 6.08. The van der Waals surface area contributed by atoms with Crippen LogP contribution in [0.1, 0.15) is 6.92 Å². The number of hydrogen-bond donors (Lipinski definition) is 1. The van der Waals surface area contributed by atoms with Crippen LogP contribution in [0.15, 0.2) is 54.6 Å². The molecule has 0 atom stereocenters. The van der Waals surface area contributed by atoms with Gasteiger partial charge in [0.05, 0.1) is 6.61 Å². The zero-order valence-corrected chi connectivity index (χ0v) is 14.8. The van der Waals surface area contributed by atoms with Crippen molar-refractivity contribution in [1.82, 2.24) is 4.90 Å². The first-order valence-electron chi connectivity index (χ1n) is 8.35. The van der Waals surface area contributed by atoms with Gasteiger partial charge in [-0.2, -0.15) is 0 Å². The molecule has 1 fully saturated rings. The van der Waals surface area contributed by atoms with Gasteiger partial charge in [-0.3, -0.25) is 0 Å². The SMILES string of the molecule is CCOc1ccc(NC(=S)N2CCN(c3ccccc3)CC2)cc1. The summed E-state index contributed by atoms with van der Waals surface area (Å²) in [6.07, 6.45) is 0. The summed E-state index contributed by atoms with van der Waals surface area (Å²) in [5, 5.41) is 4.10. The molecule has 24 heavy (non-hydrogen) atoms. The van der Waals surface area contributed by atoms with Gasteiger partial charge in [0, 0.05) is 37.6 Å². The van der Waals surface area contributed by atoms with E-state index < -0.39 is 0 Å². The summed E-state index contributed by atoms with van der Waals surface area (Å²) in [4.78, 5) is 4.63. The third-order valence-corrected chi connectivity index (χ3v) is 4.47. The summed E-state index contributed by atoms with van der Waals surface area (Å²) in [5.74, 6) is 0.880. The van der Waals surface area contributed by atoms with Gasteiger partial charge in [0.2, 0.25) is 0 Å². The maximum Gasteiger partial charge on any atom is 0.173 e. The summed E-state index contributed by atoms with van der Waals surface area (Å²) in [5.41, 5.74) is 2.27. The summed E-state index contributed by atoms with van der Waals surface area (Å²) >= 11 is 5.56. The molecule has 0 amide bonds. The average Bonchev–Trinajstić information content (AvgIpc) is 2.64. The number of ether oxygens (including phenoxy) is 1. The Bertz CT molecular complexity index is 652. The number of benzene rings is 2. The van der Waals surface area contributed by atoms with Crippen molar-refractivity contribution >= 4 is 28.7 Å². The molecular formula is C19H23N3OS. The van der Waals surface area contributed by atoms with Crippen LogP contribution in [-0.2, 0) is 0 Å². The van der Waals surface area contributed by atoms with Crippen LogP contribution < -0.4 is 15.0 Å². The monoisotopic (exact) mass is 341 g/mol.